The predicted octanol–water partition coefficient (Wildman–Crippen LogP) is 1.70. The molecule has 1 aliphatic heterocycles. The molecule has 3 heterocycles. The Labute approximate surface area is 146 Å². The minimum Gasteiger partial charge on any atom is -0.455 e. The maximum Gasteiger partial charge on any atom is 0.291 e. The Morgan fingerprint density at radius 1 is 1.24 bits per heavy atom. The summed E-state index contributed by atoms with van der Waals surface area (Å²) in [5.41, 5.74) is 0.547. The molecule has 1 fully saturated rings. The largest absolute Gasteiger partial charge is 0.455 e. The quantitative estimate of drug-likeness (QED) is 0.831. The third-order valence-electron chi connectivity index (χ3n) is 4.24. The molecule has 2 N–H and O–H groups in total. The molecule has 3 rings (SSSR count). The van der Waals surface area contributed by atoms with Crippen molar-refractivity contribution in [3.63, 3.8) is 0 Å². The second kappa shape index (κ2) is 7.52. The van der Waals surface area contributed by atoms with Gasteiger partial charge in [-0.3, -0.25) is 19.2 Å². The number of carbonyl (C=O) groups excluding carboxylic acids is 2. The van der Waals surface area contributed by atoms with Crippen molar-refractivity contribution < 1.29 is 14.0 Å². The topological polar surface area (TPSA) is 92.4 Å². The van der Waals surface area contributed by atoms with Crippen LogP contribution in [-0.4, -0.2) is 46.6 Å². The molecule has 2 aromatic heterocycles. The Morgan fingerprint density at radius 3 is 2.68 bits per heavy atom. The minimum absolute atomic E-state index is 0.182. The summed E-state index contributed by atoms with van der Waals surface area (Å²) in [5, 5.41) is 9.41. The Morgan fingerprint density at radius 2 is 2.00 bits per heavy atom. The fourth-order valence-electron chi connectivity index (χ4n) is 2.89. The van der Waals surface area contributed by atoms with Crippen molar-refractivity contribution >= 4 is 17.5 Å². The van der Waals surface area contributed by atoms with Crippen molar-refractivity contribution in [1.82, 2.24) is 20.0 Å². The first-order chi connectivity index (χ1) is 12.1. The van der Waals surface area contributed by atoms with Crippen LogP contribution in [0.4, 0.5) is 5.69 Å². The van der Waals surface area contributed by atoms with E-state index in [4.69, 9.17) is 4.42 Å². The van der Waals surface area contributed by atoms with Crippen LogP contribution >= 0.6 is 0 Å². The number of nitrogens with zero attached hydrogens (tertiary/aromatic N) is 3. The normalized spacial score (nSPS) is 14.6. The highest BCUT2D eigenvalue weighted by atomic mass is 16.4. The lowest BCUT2D eigenvalue weighted by atomic mass is 10.3. The van der Waals surface area contributed by atoms with Crippen LogP contribution in [0, 0.1) is 0 Å². The van der Waals surface area contributed by atoms with Crippen LogP contribution in [0.3, 0.4) is 0 Å². The van der Waals surface area contributed by atoms with Gasteiger partial charge in [-0.2, -0.15) is 5.10 Å². The summed E-state index contributed by atoms with van der Waals surface area (Å²) < 4.78 is 7.26. The van der Waals surface area contributed by atoms with Gasteiger partial charge in [0, 0.05) is 19.8 Å². The Bertz CT molecular complexity index is 758. The molecule has 0 radical (unpaired) electrons. The molecule has 134 valence electrons. The maximum absolute atomic E-state index is 12.4. The number of hydrogen-bond donors (Lipinski definition) is 2. The monoisotopic (exact) mass is 345 g/mol. The van der Waals surface area contributed by atoms with Crippen LogP contribution in [-0.2, 0) is 13.1 Å². The fourth-order valence-corrected chi connectivity index (χ4v) is 2.89. The van der Waals surface area contributed by atoms with E-state index in [1.54, 1.807) is 16.9 Å². The van der Waals surface area contributed by atoms with Crippen LogP contribution in [0.25, 0.3) is 0 Å². The maximum atomic E-state index is 12.4. The molecule has 25 heavy (non-hydrogen) atoms. The average Bonchev–Trinajstić information content (AvgIpc) is 3.35. The Balaban J connectivity index is 1.70. The Kier molecular flexibility index (Phi) is 5.18. The molecule has 0 spiro atoms. The lowest BCUT2D eigenvalue weighted by Gasteiger charge is -2.11. The van der Waals surface area contributed by atoms with Crippen molar-refractivity contribution in [2.45, 2.75) is 32.9 Å². The molecule has 1 aliphatic rings. The minimum atomic E-state index is -0.395. The molecule has 8 nitrogen and oxygen atoms in total. The summed E-state index contributed by atoms with van der Waals surface area (Å²) in [5.74, 6) is 0.245. The number of furan rings is 1. The first-order valence-electron chi connectivity index (χ1n) is 8.52. The smallest absolute Gasteiger partial charge is 0.291 e. The third kappa shape index (κ3) is 3.90. The van der Waals surface area contributed by atoms with Gasteiger partial charge in [0.2, 0.25) is 0 Å². The van der Waals surface area contributed by atoms with Crippen LogP contribution in [0.5, 0.6) is 0 Å². The number of aromatic nitrogens is 2. The molecule has 0 aliphatic carbocycles. The summed E-state index contributed by atoms with van der Waals surface area (Å²) in [6.07, 6.45) is 4.05. The lowest BCUT2D eigenvalue weighted by Crippen LogP contribution is -2.21. The molecule has 1 saturated heterocycles. The van der Waals surface area contributed by atoms with E-state index in [1.807, 2.05) is 13.0 Å². The van der Waals surface area contributed by atoms with Gasteiger partial charge in [-0.25, -0.2) is 0 Å². The second-order valence-electron chi connectivity index (χ2n) is 6.03. The first kappa shape index (κ1) is 17.2. The molecule has 0 saturated carbocycles. The van der Waals surface area contributed by atoms with E-state index in [-0.39, 0.29) is 17.4 Å². The second-order valence-corrected chi connectivity index (χ2v) is 6.03. The lowest BCUT2D eigenvalue weighted by molar-refractivity contribution is 0.0958. The van der Waals surface area contributed by atoms with Crippen LogP contribution in [0.2, 0.25) is 0 Å². The predicted molar refractivity (Wildman–Crippen MR) is 92.5 cm³/mol. The summed E-state index contributed by atoms with van der Waals surface area (Å²) >= 11 is 0. The van der Waals surface area contributed by atoms with E-state index in [0.29, 0.717) is 18.8 Å². The van der Waals surface area contributed by atoms with Gasteiger partial charge in [0.25, 0.3) is 11.8 Å². The number of hydrogen-bond acceptors (Lipinski definition) is 5. The number of nitrogens with one attached hydrogen (secondary N) is 2. The molecule has 2 amide bonds. The van der Waals surface area contributed by atoms with Gasteiger partial charge < -0.3 is 15.1 Å². The average molecular weight is 345 g/mol. The standard InChI is InChI=1S/C17H23N5O3/c1-3-22-11-13(15(20-22)17(24)18-2)19-16(23)14-7-6-12(25-14)10-21-8-4-5-9-21/h6-7,11H,3-5,8-10H2,1-2H3,(H,18,24)(H,19,23). The SMILES string of the molecule is CCn1cc(NC(=O)c2ccc(CN3CCCC3)o2)c(C(=O)NC)n1. The van der Waals surface area contributed by atoms with Crippen molar-refractivity contribution in [3.8, 4) is 0 Å². The van der Waals surface area contributed by atoms with Gasteiger partial charge in [-0.15, -0.1) is 0 Å². The number of aryl methyl sites for hydroxylation is 1. The van der Waals surface area contributed by atoms with Gasteiger partial charge >= 0.3 is 0 Å². The van der Waals surface area contributed by atoms with E-state index in [9.17, 15) is 9.59 Å². The zero-order chi connectivity index (χ0) is 17.8. The molecule has 0 atom stereocenters. The van der Waals surface area contributed by atoms with Gasteiger partial charge in [0.15, 0.2) is 11.5 Å². The van der Waals surface area contributed by atoms with Crippen LogP contribution in [0.1, 0.15) is 46.6 Å². The summed E-state index contributed by atoms with van der Waals surface area (Å²) in [7, 11) is 1.52. The number of likely N-dealkylation sites (tertiary alicyclic amines) is 1. The van der Waals surface area contributed by atoms with E-state index >= 15 is 0 Å². The van der Waals surface area contributed by atoms with Crippen molar-refractivity contribution in [2.75, 3.05) is 25.5 Å². The molecule has 8 heteroatoms. The fraction of sp³-hybridized carbons (Fsp3) is 0.471. The number of amides is 2. The molecular formula is C17H23N5O3. The van der Waals surface area contributed by atoms with Gasteiger partial charge in [-0.1, -0.05) is 0 Å². The Hall–Kier alpha value is -2.61. The van der Waals surface area contributed by atoms with E-state index in [0.717, 1.165) is 18.8 Å². The van der Waals surface area contributed by atoms with E-state index < -0.39 is 5.91 Å². The van der Waals surface area contributed by atoms with E-state index in [1.165, 1.54) is 19.9 Å². The van der Waals surface area contributed by atoms with Gasteiger partial charge in [0.05, 0.1) is 12.2 Å². The number of carbonyl (C=O) groups is 2. The van der Waals surface area contributed by atoms with Crippen LogP contribution in [0.15, 0.2) is 22.7 Å². The number of rotatable bonds is 6. The summed E-state index contributed by atoms with van der Waals surface area (Å²) in [6.45, 7) is 5.34. The van der Waals surface area contributed by atoms with Crippen molar-refractivity contribution in [3.05, 3.63) is 35.5 Å². The number of anilines is 1. The highest BCUT2D eigenvalue weighted by molar-refractivity contribution is 6.06. The summed E-state index contributed by atoms with van der Waals surface area (Å²) in [4.78, 5) is 26.7. The molecule has 0 bridgehead atoms. The zero-order valence-corrected chi connectivity index (χ0v) is 14.5. The molecule has 2 aromatic rings. The molecular weight excluding hydrogens is 322 g/mol. The first-order valence-corrected chi connectivity index (χ1v) is 8.52. The van der Waals surface area contributed by atoms with E-state index in [2.05, 4.69) is 20.6 Å². The molecule has 0 unspecified atom stereocenters. The van der Waals surface area contributed by atoms with Crippen LogP contribution < -0.4 is 10.6 Å². The van der Waals surface area contributed by atoms with Gasteiger partial charge in [0.1, 0.15) is 5.76 Å². The molecule has 0 aromatic carbocycles. The van der Waals surface area contributed by atoms with Crippen molar-refractivity contribution in [1.29, 1.82) is 0 Å². The van der Waals surface area contributed by atoms with Gasteiger partial charge in [-0.05, 0) is 45.0 Å². The highest BCUT2D eigenvalue weighted by Crippen LogP contribution is 2.18. The zero-order valence-electron chi connectivity index (χ0n) is 14.5. The highest BCUT2D eigenvalue weighted by Gasteiger charge is 2.20. The van der Waals surface area contributed by atoms with Crippen molar-refractivity contribution in [2.24, 2.45) is 0 Å². The summed E-state index contributed by atoms with van der Waals surface area (Å²) in [6, 6.07) is 3.48. The third-order valence-corrected chi connectivity index (χ3v) is 4.24.